The van der Waals surface area contributed by atoms with Gasteiger partial charge in [0.25, 0.3) is 0 Å². The molecule has 1 aliphatic rings. The minimum absolute atomic E-state index is 0.0301. The zero-order valence-corrected chi connectivity index (χ0v) is 10.7. The third kappa shape index (κ3) is 3.55. The van der Waals surface area contributed by atoms with E-state index in [1.807, 2.05) is 30.3 Å². The van der Waals surface area contributed by atoms with Gasteiger partial charge in [-0.25, -0.2) is 0 Å². The normalized spacial score (nSPS) is 24.8. The van der Waals surface area contributed by atoms with Crippen LogP contribution in [0.2, 0.25) is 0 Å². The second-order valence-corrected chi connectivity index (χ2v) is 5.54. The summed E-state index contributed by atoms with van der Waals surface area (Å²) in [5, 5.41) is 10.1. The molecule has 0 aromatic heterocycles. The van der Waals surface area contributed by atoms with E-state index in [0.29, 0.717) is 6.10 Å². The smallest absolute Gasteiger partial charge is 0.0791 e. The second-order valence-electron chi connectivity index (χ2n) is 5.54. The van der Waals surface area contributed by atoms with Crippen molar-refractivity contribution in [2.24, 2.45) is 0 Å². The number of ether oxygens (including phenoxy) is 1. The quantitative estimate of drug-likeness (QED) is 0.864. The SMILES string of the molecule is CC1(C)CCC(CCC(O)c2ccccc2)O1. The van der Waals surface area contributed by atoms with Gasteiger partial charge in [0, 0.05) is 0 Å². The van der Waals surface area contributed by atoms with Gasteiger partial charge in [-0.05, 0) is 45.1 Å². The first-order chi connectivity index (χ1) is 8.07. The number of hydrogen-bond acceptors (Lipinski definition) is 2. The van der Waals surface area contributed by atoms with Crippen LogP contribution in [-0.4, -0.2) is 16.8 Å². The standard InChI is InChI=1S/C15H22O2/c1-15(2)11-10-13(17-15)8-9-14(16)12-6-4-3-5-7-12/h3-7,13-14,16H,8-11H2,1-2H3. The van der Waals surface area contributed by atoms with E-state index < -0.39 is 0 Å². The number of hydrogen-bond donors (Lipinski definition) is 1. The van der Waals surface area contributed by atoms with Gasteiger partial charge >= 0.3 is 0 Å². The van der Waals surface area contributed by atoms with E-state index in [2.05, 4.69) is 13.8 Å². The Labute approximate surface area is 104 Å². The predicted octanol–water partition coefficient (Wildman–Crippen LogP) is 3.46. The molecule has 0 spiro atoms. The minimum Gasteiger partial charge on any atom is -0.388 e. The van der Waals surface area contributed by atoms with Gasteiger partial charge in [0.2, 0.25) is 0 Å². The van der Waals surface area contributed by atoms with Crippen LogP contribution in [0.5, 0.6) is 0 Å². The van der Waals surface area contributed by atoms with E-state index in [1.54, 1.807) is 0 Å². The third-order valence-electron chi connectivity index (χ3n) is 3.50. The number of rotatable bonds is 4. The van der Waals surface area contributed by atoms with Gasteiger partial charge in [0.1, 0.15) is 0 Å². The van der Waals surface area contributed by atoms with Crippen LogP contribution in [0.4, 0.5) is 0 Å². The molecule has 0 amide bonds. The summed E-state index contributed by atoms with van der Waals surface area (Å²) >= 11 is 0. The van der Waals surface area contributed by atoms with Gasteiger partial charge in [0.05, 0.1) is 17.8 Å². The first-order valence-electron chi connectivity index (χ1n) is 6.48. The molecular weight excluding hydrogens is 212 g/mol. The van der Waals surface area contributed by atoms with Crippen LogP contribution in [0.25, 0.3) is 0 Å². The van der Waals surface area contributed by atoms with Crippen molar-refractivity contribution < 1.29 is 9.84 Å². The lowest BCUT2D eigenvalue weighted by atomic mass is 10.0. The van der Waals surface area contributed by atoms with E-state index >= 15 is 0 Å². The van der Waals surface area contributed by atoms with Crippen molar-refractivity contribution in [3.8, 4) is 0 Å². The van der Waals surface area contributed by atoms with E-state index in [1.165, 1.54) is 0 Å². The van der Waals surface area contributed by atoms with E-state index in [0.717, 1.165) is 31.2 Å². The highest BCUT2D eigenvalue weighted by Gasteiger charge is 2.31. The lowest BCUT2D eigenvalue weighted by Crippen LogP contribution is -2.20. The molecule has 1 fully saturated rings. The zero-order valence-electron chi connectivity index (χ0n) is 10.7. The van der Waals surface area contributed by atoms with Gasteiger partial charge in [0.15, 0.2) is 0 Å². The van der Waals surface area contributed by atoms with E-state index in [4.69, 9.17) is 4.74 Å². The van der Waals surface area contributed by atoms with Crippen LogP contribution in [0.3, 0.4) is 0 Å². The zero-order chi connectivity index (χ0) is 12.3. The van der Waals surface area contributed by atoms with Crippen LogP contribution >= 0.6 is 0 Å². The minimum atomic E-state index is -0.358. The Morgan fingerprint density at radius 3 is 2.65 bits per heavy atom. The molecule has 2 nitrogen and oxygen atoms in total. The summed E-state index contributed by atoms with van der Waals surface area (Å²) in [5.41, 5.74) is 1.03. The fraction of sp³-hybridized carbons (Fsp3) is 0.600. The van der Waals surface area contributed by atoms with Crippen molar-refractivity contribution >= 4 is 0 Å². The third-order valence-corrected chi connectivity index (χ3v) is 3.50. The summed E-state index contributed by atoms with van der Waals surface area (Å²) < 4.78 is 5.92. The topological polar surface area (TPSA) is 29.5 Å². The summed E-state index contributed by atoms with van der Waals surface area (Å²) in [6.07, 6.45) is 3.93. The van der Waals surface area contributed by atoms with Crippen LogP contribution in [0.15, 0.2) is 30.3 Å². The first-order valence-corrected chi connectivity index (χ1v) is 6.48. The average Bonchev–Trinajstić information content (AvgIpc) is 2.67. The molecule has 17 heavy (non-hydrogen) atoms. The molecule has 2 rings (SSSR count). The Balaban J connectivity index is 1.79. The molecule has 1 aromatic carbocycles. The van der Waals surface area contributed by atoms with Crippen LogP contribution in [0, 0.1) is 0 Å². The molecule has 1 saturated heterocycles. The lowest BCUT2D eigenvalue weighted by molar-refractivity contribution is -0.0235. The lowest BCUT2D eigenvalue weighted by Gasteiger charge is -2.20. The summed E-state index contributed by atoms with van der Waals surface area (Å²) in [5.74, 6) is 0. The molecule has 94 valence electrons. The predicted molar refractivity (Wildman–Crippen MR) is 68.8 cm³/mol. The molecule has 2 atom stereocenters. The molecule has 0 bridgehead atoms. The van der Waals surface area contributed by atoms with Crippen molar-refractivity contribution in [2.75, 3.05) is 0 Å². The van der Waals surface area contributed by atoms with Gasteiger partial charge in [-0.15, -0.1) is 0 Å². The highest BCUT2D eigenvalue weighted by atomic mass is 16.5. The van der Waals surface area contributed by atoms with Crippen molar-refractivity contribution in [3.05, 3.63) is 35.9 Å². The molecule has 0 saturated carbocycles. The molecule has 0 radical (unpaired) electrons. The highest BCUT2D eigenvalue weighted by Crippen LogP contribution is 2.32. The highest BCUT2D eigenvalue weighted by molar-refractivity contribution is 5.17. The summed E-state index contributed by atoms with van der Waals surface area (Å²) in [6.45, 7) is 4.28. The maximum absolute atomic E-state index is 10.1. The van der Waals surface area contributed by atoms with Crippen LogP contribution < -0.4 is 0 Å². The van der Waals surface area contributed by atoms with Crippen molar-refractivity contribution in [3.63, 3.8) is 0 Å². The van der Waals surface area contributed by atoms with Crippen molar-refractivity contribution in [2.45, 2.75) is 57.3 Å². The molecule has 0 aliphatic carbocycles. The molecule has 2 heteroatoms. The van der Waals surface area contributed by atoms with Crippen molar-refractivity contribution in [1.29, 1.82) is 0 Å². The molecule has 1 N–H and O–H groups in total. The van der Waals surface area contributed by atoms with Gasteiger partial charge in [-0.1, -0.05) is 30.3 Å². The fourth-order valence-electron chi connectivity index (χ4n) is 2.47. The summed E-state index contributed by atoms with van der Waals surface area (Å²) in [4.78, 5) is 0. The monoisotopic (exact) mass is 234 g/mol. The Hall–Kier alpha value is -0.860. The Kier molecular flexibility index (Phi) is 3.85. The first kappa shape index (κ1) is 12.6. The Morgan fingerprint density at radius 2 is 2.06 bits per heavy atom. The van der Waals surface area contributed by atoms with Gasteiger partial charge < -0.3 is 9.84 Å². The van der Waals surface area contributed by atoms with Crippen LogP contribution in [-0.2, 0) is 4.74 Å². The maximum Gasteiger partial charge on any atom is 0.0791 e. The number of aliphatic hydroxyl groups is 1. The molecule has 1 aromatic rings. The molecule has 2 unspecified atom stereocenters. The van der Waals surface area contributed by atoms with E-state index in [-0.39, 0.29) is 11.7 Å². The van der Waals surface area contributed by atoms with Gasteiger partial charge in [-0.2, -0.15) is 0 Å². The van der Waals surface area contributed by atoms with Gasteiger partial charge in [-0.3, -0.25) is 0 Å². The average molecular weight is 234 g/mol. The van der Waals surface area contributed by atoms with Crippen molar-refractivity contribution in [1.82, 2.24) is 0 Å². The number of aliphatic hydroxyl groups excluding tert-OH is 1. The summed E-state index contributed by atoms with van der Waals surface area (Å²) in [6, 6.07) is 9.86. The second kappa shape index (κ2) is 5.19. The van der Waals surface area contributed by atoms with Crippen LogP contribution in [0.1, 0.15) is 51.2 Å². The maximum atomic E-state index is 10.1. The van der Waals surface area contributed by atoms with E-state index in [9.17, 15) is 5.11 Å². The largest absolute Gasteiger partial charge is 0.388 e. The molecular formula is C15H22O2. The number of benzene rings is 1. The fourth-order valence-corrected chi connectivity index (χ4v) is 2.47. The molecule has 1 aliphatic heterocycles. The Bertz CT molecular complexity index is 345. The summed E-state index contributed by atoms with van der Waals surface area (Å²) in [7, 11) is 0. The molecule has 1 heterocycles. The Morgan fingerprint density at radius 1 is 1.35 bits per heavy atom.